The summed E-state index contributed by atoms with van der Waals surface area (Å²) in [5.41, 5.74) is 1.09. The molecule has 1 aromatic carbocycles. The molecule has 1 aliphatic heterocycles. The van der Waals surface area contributed by atoms with Crippen molar-refractivity contribution in [2.45, 2.75) is 26.8 Å². The SMILES string of the molecule is CCOC(=O)c1sc(N2C(=O)C(=O)C(=C(O)c3cccc(OCC)c3)C2c2cccnc2)nc1C. The molecule has 180 valence electrons. The average Bonchev–Trinajstić information content (AvgIpc) is 3.36. The summed E-state index contributed by atoms with van der Waals surface area (Å²) in [6.45, 7) is 5.77. The van der Waals surface area contributed by atoms with Crippen molar-refractivity contribution < 1.29 is 29.0 Å². The van der Waals surface area contributed by atoms with Crippen molar-refractivity contribution in [3.63, 3.8) is 0 Å². The Morgan fingerprint density at radius 2 is 1.97 bits per heavy atom. The number of anilines is 1. The highest BCUT2D eigenvalue weighted by molar-refractivity contribution is 7.17. The minimum absolute atomic E-state index is 0.109. The molecule has 2 aromatic heterocycles. The van der Waals surface area contributed by atoms with Gasteiger partial charge < -0.3 is 14.6 Å². The van der Waals surface area contributed by atoms with Crippen molar-refractivity contribution in [2.24, 2.45) is 0 Å². The highest BCUT2D eigenvalue weighted by Crippen LogP contribution is 2.43. The zero-order chi connectivity index (χ0) is 25.1. The topological polar surface area (TPSA) is 119 Å². The van der Waals surface area contributed by atoms with Crippen molar-refractivity contribution in [3.05, 3.63) is 76.1 Å². The third-order valence-corrected chi connectivity index (χ3v) is 6.45. The molecule has 10 heteroatoms. The number of hydrogen-bond acceptors (Lipinski definition) is 9. The highest BCUT2D eigenvalue weighted by atomic mass is 32.1. The maximum Gasteiger partial charge on any atom is 0.350 e. The summed E-state index contributed by atoms with van der Waals surface area (Å²) in [4.78, 5) is 48.8. The third-order valence-electron chi connectivity index (χ3n) is 5.32. The summed E-state index contributed by atoms with van der Waals surface area (Å²) in [5, 5.41) is 11.4. The Morgan fingerprint density at radius 3 is 2.66 bits per heavy atom. The van der Waals surface area contributed by atoms with E-state index >= 15 is 0 Å². The molecular formula is C25H23N3O6S. The first-order valence-electron chi connectivity index (χ1n) is 11.0. The molecule has 9 nitrogen and oxygen atoms in total. The molecule has 0 radical (unpaired) electrons. The summed E-state index contributed by atoms with van der Waals surface area (Å²) in [5.74, 6) is -2.14. The Hall–Kier alpha value is -4.05. The number of Topliss-reactive ketones (excluding diaryl/α,β-unsaturated/α-hetero) is 1. The molecule has 3 heterocycles. The lowest BCUT2D eigenvalue weighted by molar-refractivity contribution is -0.132. The van der Waals surface area contributed by atoms with E-state index in [1.165, 1.54) is 11.1 Å². The molecule has 0 aliphatic carbocycles. The lowest BCUT2D eigenvalue weighted by atomic mass is 9.96. The van der Waals surface area contributed by atoms with Crippen LogP contribution < -0.4 is 9.64 Å². The molecule has 1 amide bonds. The molecule has 1 atom stereocenters. The van der Waals surface area contributed by atoms with Gasteiger partial charge in [0.05, 0.1) is 30.5 Å². The first-order chi connectivity index (χ1) is 16.9. The molecule has 0 bridgehead atoms. The van der Waals surface area contributed by atoms with Gasteiger partial charge in [0, 0.05) is 18.0 Å². The summed E-state index contributed by atoms with van der Waals surface area (Å²) < 4.78 is 10.6. The van der Waals surface area contributed by atoms with Crippen LogP contribution in [-0.4, -0.2) is 45.9 Å². The smallest absolute Gasteiger partial charge is 0.350 e. The number of pyridine rings is 1. The molecule has 4 rings (SSSR count). The van der Waals surface area contributed by atoms with Gasteiger partial charge >= 0.3 is 11.9 Å². The quantitative estimate of drug-likeness (QED) is 0.227. The fourth-order valence-corrected chi connectivity index (χ4v) is 4.80. The van der Waals surface area contributed by atoms with Crippen LogP contribution >= 0.6 is 11.3 Å². The molecule has 0 saturated carbocycles. The molecule has 1 saturated heterocycles. The molecule has 1 N–H and O–H groups in total. The number of carbonyl (C=O) groups is 3. The van der Waals surface area contributed by atoms with Crippen LogP contribution in [0, 0.1) is 6.92 Å². The Labute approximate surface area is 205 Å². The second-order valence-corrected chi connectivity index (χ2v) is 8.53. The largest absolute Gasteiger partial charge is 0.507 e. The van der Waals surface area contributed by atoms with E-state index in [2.05, 4.69) is 9.97 Å². The maximum absolute atomic E-state index is 13.3. The van der Waals surface area contributed by atoms with Crippen LogP contribution in [0.25, 0.3) is 5.76 Å². The number of nitrogens with zero attached hydrogens (tertiary/aromatic N) is 3. The highest BCUT2D eigenvalue weighted by Gasteiger charge is 2.48. The standard InChI is InChI=1S/C25H23N3O6S/c1-4-33-17-10-6-8-15(12-17)20(29)18-19(16-9-7-11-26-13-16)28(23(31)21(18)30)25-27-14(3)22(35-25)24(32)34-5-2/h6-13,19,29H,4-5H2,1-3H3. The van der Waals surface area contributed by atoms with E-state index in [0.29, 0.717) is 29.2 Å². The van der Waals surface area contributed by atoms with Crippen LogP contribution in [0.5, 0.6) is 5.75 Å². The number of aromatic nitrogens is 2. The summed E-state index contributed by atoms with van der Waals surface area (Å²) in [7, 11) is 0. The number of ketones is 1. The molecule has 35 heavy (non-hydrogen) atoms. The third kappa shape index (κ3) is 4.52. The van der Waals surface area contributed by atoms with E-state index in [-0.39, 0.29) is 27.9 Å². The number of rotatable bonds is 7. The number of esters is 1. The fourth-order valence-electron chi connectivity index (χ4n) is 3.81. The van der Waals surface area contributed by atoms with Crippen LogP contribution in [0.4, 0.5) is 5.13 Å². The van der Waals surface area contributed by atoms with E-state index < -0.39 is 23.7 Å². The van der Waals surface area contributed by atoms with Crippen molar-refractivity contribution in [1.82, 2.24) is 9.97 Å². The fraction of sp³-hybridized carbons (Fsp3) is 0.240. The second kappa shape index (κ2) is 10.1. The zero-order valence-corrected chi connectivity index (χ0v) is 20.2. The predicted molar refractivity (Wildman–Crippen MR) is 129 cm³/mol. The number of benzene rings is 1. The van der Waals surface area contributed by atoms with E-state index in [1.807, 2.05) is 6.92 Å². The van der Waals surface area contributed by atoms with Crippen molar-refractivity contribution in [1.29, 1.82) is 0 Å². The number of aliphatic hydroxyl groups excluding tert-OH is 1. The van der Waals surface area contributed by atoms with Gasteiger partial charge in [0.2, 0.25) is 0 Å². The van der Waals surface area contributed by atoms with E-state index in [1.54, 1.807) is 56.4 Å². The summed E-state index contributed by atoms with van der Waals surface area (Å²) in [6.07, 6.45) is 3.08. The van der Waals surface area contributed by atoms with Gasteiger partial charge in [0.1, 0.15) is 16.4 Å². The van der Waals surface area contributed by atoms with Crippen molar-refractivity contribution in [3.8, 4) is 5.75 Å². The van der Waals surface area contributed by atoms with Crippen LogP contribution in [0.1, 0.15) is 46.4 Å². The van der Waals surface area contributed by atoms with Gasteiger partial charge in [-0.15, -0.1) is 0 Å². The van der Waals surface area contributed by atoms with Crippen molar-refractivity contribution in [2.75, 3.05) is 18.1 Å². The molecule has 1 aliphatic rings. The van der Waals surface area contributed by atoms with Crippen LogP contribution in [0.2, 0.25) is 0 Å². The van der Waals surface area contributed by atoms with E-state index in [9.17, 15) is 19.5 Å². The van der Waals surface area contributed by atoms with Gasteiger partial charge in [-0.3, -0.25) is 19.5 Å². The maximum atomic E-state index is 13.3. The van der Waals surface area contributed by atoms with Crippen molar-refractivity contribution >= 4 is 39.9 Å². The normalized spacial score (nSPS) is 17.0. The Kier molecular flexibility index (Phi) is 6.92. The molecule has 3 aromatic rings. The predicted octanol–water partition coefficient (Wildman–Crippen LogP) is 4.05. The lowest BCUT2D eigenvalue weighted by Crippen LogP contribution is -2.29. The van der Waals surface area contributed by atoms with Crippen LogP contribution in [-0.2, 0) is 14.3 Å². The van der Waals surface area contributed by atoms with Gasteiger partial charge in [-0.2, -0.15) is 0 Å². The zero-order valence-electron chi connectivity index (χ0n) is 19.3. The minimum atomic E-state index is -1.000. The van der Waals surface area contributed by atoms with Crippen LogP contribution in [0.15, 0.2) is 54.4 Å². The Bertz CT molecular complexity index is 1320. The number of carbonyl (C=O) groups excluding carboxylic acids is 3. The number of aryl methyl sites for hydroxylation is 1. The molecular weight excluding hydrogens is 470 g/mol. The molecule has 1 unspecified atom stereocenters. The number of aliphatic hydroxyl groups is 1. The number of hydrogen-bond donors (Lipinski definition) is 1. The minimum Gasteiger partial charge on any atom is -0.507 e. The number of ether oxygens (including phenoxy) is 2. The summed E-state index contributed by atoms with van der Waals surface area (Å²) >= 11 is 0.950. The van der Waals surface area contributed by atoms with Gasteiger partial charge in [-0.05, 0) is 44.5 Å². The van der Waals surface area contributed by atoms with E-state index in [4.69, 9.17) is 9.47 Å². The second-order valence-electron chi connectivity index (χ2n) is 7.55. The molecule has 1 fully saturated rings. The first-order valence-corrected chi connectivity index (χ1v) is 11.8. The summed E-state index contributed by atoms with van der Waals surface area (Å²) in [6, 6.07) is 9.00. The lowest BCUT2D eigenvalue weighted by Gasteiger charge is -2.22. The Balaban J connectivity index is 1.88. The number of amides is 1. The monoisotopic (exact) mass is 493 g/mol. The number of thiazole rings is 1. The first kappa shape index (κ1) is 24.1. The van der Waals surface area contributed by atoms with Gasteiger partial charge in [0.15, 0.2) is 5.13 Å². The van der Waals surface area contributed by atoms with Crippen LogP contribution in [0.3, 0.4) is 0 Å². The molecule has 0 spiro atoms. The van der Waals surface area contributed by atoms with Gasteiger partial charge in [0.25, 0.3) is 5.78 Å². The average molecular weight is 494 g/mol. The van der Waals surface area contributed by atoms with Gasteiger partial charge in [-0.1, -0.05) is 29.5 Å². The van der Waals surface area contributed by atoms with Gasteiger partial charge in [-0.25, -0.2) is 9.78 Å². The Morgan fingerprint density at radius 1 is 1.17 bits per heavy atom. The van der Waals surface area contributed by atoms with E-state index in [0.717, 1.165) is 11.3 Å².